The maximum absolute atomic E-state index is 12.8. The molecule has 0 saturated heterocycles. The lowest BCUT2D eigenvalue weighted by molar-refractivity contribution is -0.384. The SMILES string of the molecule is CCOC(=O)C1=C(C)Nc2nc(SCc3ccc([N+](=O)[O-])cc3)nn2[C@H]1c1ccc(Br)cc1. The number of rotatable bonds is 7. The van der Waals surface area contributed by atoms with Crippen molar-refractivity contribution < 1.29 is 14.5 Å². The number of hydrogen-bond donors (Lipinski definition) is 1. The summed E-state index contributed by atoms with van der Waals surface area (Å²) in [5, 5.41) is 19.2. The molecule has 11 heteroatoms. The molecule has 0 radical (unpaired) electrons. The number of thioether (sulfide) groups is 1. The van der Waals surface area contributed by atoms with Gasteiger partial charge in [0.1, 0.15) is 6.04 Å². The quantitative estimate of drug-likeness (QED) is 0.195. The highest BCUT2D eigenvalue weighted by Gasteiger charge is 2.35. The van der Waals surface area contributed by atoms with Crippen LogP contribution in [0.5, 0.6) is 0 Å². The van der Waals surface area contributed by atoms with Crippen LogP contribution in [0.3, 0.4) is 0 Å². The maximum Gasteiger partial charge on any atom is 0.338 e. The average molecular weight is 530 g/mol. The van der Waals surface area contributed by atoms with Crippen LogP contribution in [-0.4, -0.2) is 32.3 Å². The summed E-state index contributed by atoms with van der Waals surface area (Å²) in [6.07, 6.45) is 0. The van der Waals surface area contributed by atoms with Crippen molar-refractivity contribution in [3.8, 4) is 0 Å². The van der Waals surface area contributed by atoms with E-state index in [1.807, 2.05) is 31.2 Å². The number of nitro groups is 1. The molecule has 1 N–H and O–H groups in total. The third kappa shape index (κ3) is 4.93. The first-order chi connectivity index (χ1) is 15.9. The number of non-ortho nitro benzene ring substituents is 1. The molecule has 170 valence electrons. The van der Waals surface area contributed by atoms with Crippen molar-refractivity contribution in [3.05, 3.63) is 85.5 Å². The smallest absolute Gasteiger partial charge is 0.338 e. The predicted molar refractivity (Wildman–Crippen MR) is 128 cm³/mol. The fraction of sp³-hybridized carbons (Fsp3) is 0.227. The van der Waals surface area contributed by atoms with E-state index in [1.54, 1.807) is 23.7 Å². The largest absolute Gasteiger partial charge is 0.463 e. The summed E-state index contributed by atoms with van der Waals surface area (Å²) in [5.41, 5.74) is 2.98. The molecule has 0 saturated carbocycles. The third-order valence-corrected chi connectivity index (χ3v) is 6.47. The molecule has 0 fully saturated rings. The number of benzene rings is 2. The van der Waals surface area contributed by atoms with Crippen LogP contribution in [0.25, 0.3) is 0 Å². The number of nitrogens with zero attached hydrogens (tertiary/aromatic N) is 4. The Kier molecular flexibility index (Phi) is 6.80. The fourth-order valence-corrected chi connectivity index (χ4v) is 4.53. The van der Waals surface area contributed by atoms with Crippen LogP contribution in [0, 0.1) is 10.1 Å². The van der Waals surface area contributed by atoms with Gasteiger partial charge in [0.2, 0.25) is 11.1 Å². The van der Waals surface area contributed by atoms with Crippen molar-refractivity contribution in [1.29, 1.82) is 0 Å². The molecule has 1 aromatic heterocycles. The average Bonchev–Trinajstić information content (AvgIpc) is 3.20. The van der Waals surface area contributed by atoms with Gasteiger partial charge < -0.3 is 10.1 Å². The maximum atomic E-state index is 12.8. The summed E-state index contributed by atoms with van der Waals surface area (Å²) in [6.45, 7) is 3.86. The van der Waals surface area contributed by atoms with Gasteiger partial charge in [0.15, 0.2) is 0 Å². The van der Waals surface area contributed by atoms with Gasteiger partial charge in [0.25, 0.3) is 5.69 Å². The van der Waals surface area contributed by atoms with Crippen molar-refractivity contribution in [3.63, 3.8) is 0 Å². The summed E-state index contributed by atoms with van der Waals surface area (Å²) in [6, 6.07) is 13.6. The number of carbonyl (C=O) groups is 1. The highest BCUT2D eigenvalue weighted by Crippen LogP contribution is 2.37. The van der Waals surface area contributed by atoms with Crippen molar-refractivity contribution in [1.82, 2.24) is 14.8 Å². The molecule has 2 aromatic carbocycles. The van der Waals surface area contributed by atoms with Gasteiger partial charge in [-0.3, -0.25) is 10.1 Å². The Morgan fingerprint density at radius 1 is 1.24 bits per heavy atom. The van der Waals surface area contributed by atoms with E-state index in [0.717, 1.165) is 15.6 Å². The lowest BCUT2D eigenvalue weighted by Gasteiger charge is -2.28. The first kappa shape index (κ1) is 23.0. The standard InChI is InChI=1S/C22H20BrN5O4S/c1-3-32-20(29)18-13(2)24-21-25-22(33-12-14-4-10-17(11-5-14)28(30)31)26-27(21)19(18)15-6-8-16(23)9-7-15/h4-11,19H,3,12H2,1-2H3,(H,24,25,26)/t19-/m0/s1. The van der Waals surface area contributed by atoms with Crippen LogP contribution < -0.4 is 5.32 Å². The summed E-state index contributed by atoms with van der Waals surface area (Å²) in [5.74, 6) is 0.665. The van der Waals surface area contributed by atoms with Crippen molar-refractivity contribution in [2.24, 2.45) is 0 Å². The van der Waals surface area contributed by atoms with E-state index >= 15 is 0 Å². The lowest BCUT2D eigenvalue weighted by Crippen LogP contribution is -2.29. The van der Waals surface area contributed by atoms with Gasteiger partial charge in [0, 0.05) is 28.1 Å². The molecular weight excluding hydrogens is 510 g/mol. The van der Waals surface area contributed by atoms with Gasteiger partial charge in [-0.15, -0.1) is 5.10 Å². The number of hydrogen-bond acceptors (Lipinski definition) is 8. The number of carbonyl (C=O) groups excluding carboxylic acids is 1. The Labute approximate surface area is 202 Å². The van der Waals surface area contributed by atoms with Crippen LogP contribution in [0.15, 0.2) is 69.4 Å². The summed E-state index contributed by atoms with van der Waals surface area (Å²) in [7, 11) is 0. The van der Waals surface area contributed by atoms with E-state index in [-0.39, 0.29) is 12.3 Å². The van der Waals surface area contributed by atoms with Crippen LogP contribution in [0.4, 0.5) is 11.6 Å². The van der Waals surface area contributed by atoms with Crippen molar-refractivity contribution >= 4 is 45.3 Å². The number of ether oxygens (including phenoxy) is 1. The molecule has 0 unspecified atom stereocenters. The van der Waals surface area contributed by atoms with E-state index in [4.69, 9.17) is 4.74 Å². The second-order valence-electron chi connectivity index (χ2n) is 7.21. The van der Waals surface area contributed by atoms with E-state index in [1.165, 1.54) is 23.9 Å². The zero-order chi connectivity index (χ0) is 23.5. The second-order valence-corrected chi connectivity index (χ2v) is 9.07. The predicted octanol–water partition coefficient (Wildman–Crippen LogP) is 5.09. The minimum Gasteiger partial charge on any atom is -0.463 e. The number of halogens is 1. The first-order valence-corrected chi connectivity index (χ1v) is 11.9. The zero-order valence-corrected chi connectivity index (χ0v) is 20.2. The number of fused-ring (bicyclic) bond motifs is 1. The summed E-state index contributed by atoms with van der Waals surface area (Å²) in [4.78, 5) is 27.8. The summed E-state index contributed by atoms with van der Waals surface area (Å²) >= 11 is 4.86. The minimum atomic E-state index is -0.491. The molecule has 0 aliphatic carbocycles. The van der Waals surface area contributed by atoms with Gasteiger partial charge in [-0.25, -0.2) is 9.48 Å². The fourth-order valence-electron chi connectivity index (χ4n) is 3.48. The molecule has 33 heavy (non-hydrogen) atoms. The van der Waals surface area contributed by atoms with Gasteiger partial charge in [-0.2, -0.15) is 4.98 Å². The Morgan fingerprint density at radius 2 is 1.94 bits per heavy atom. The number of nitro benzene ring substituents is 1. The molecule has 3 aromatic rings. The second kappa shape index (κ2) is 9.75. The third-order valence-electron chi connectivity index (χ3n) is 5.03. The number of nitrogens with one attached hydrogen (secondary N) is 1. The topological polar surface area (TPSA) is 112 Å². The molecule has 0 bridgehead atoms. The van der Waals surface area contributed by atoms with E-state index in [9.17, 15) is 14.9 Å². The highest BCUT2D eigenvalue weighted by molar-refractivity contribution is 9.10. The normalized spacial score (nSPS) is 15.1. The molecular formula is C22H20BrN5O4S. The monoisotopic (exact) mass is 529 g/mol. The molecule has 0 spiro atoms. The lowest BCUT2D eigenvalue weighted by atomic mass is 9.96. The Hall–Kier alpha value is -3.18. The molecule has 2 heterocycles. The summed E-state index contributed by atoms with van der Waals surface area (Å²) < 4.78 is 7.94. The van der Waals surface area contributed by atoms with Crippen LogP contribution in [0.2, 0.25) is 0 Å². The molecule has 1 aliphatic rings. The van der Waals surface area contributed by atoms with Crippen LogP contribution in [0.1, 0.15) is 31.0 Å². The molecule has 9 nitrogen and oxygen atoms in total. The van der Waals surface area contributed by atoms with Crippen molar-refractivity contribution in [2.45, 2.75) is 30.8 Å². The first-order valence-electron chi connectivity index (χ1n) is 10.1. The number of aromatic nitrogens is 3. The Morgan fingerprint density at radius 3 is 2.58 bits per heavy atom. The van der Waals surface area contributed by atoms with Gasteiger partial charge in [-0.1, -0.05) is 52.0 Å². The molecule has 4 rings (SSSR count). The van der Waals surface area contributed by atoms with Crippen LogP contribution >= 0.6 is 27.7 Å². The number of allylic oxidation sites excluding steroid dienone is 1. The van der Waals surface area contributed by atoms with Gasteiger partial charge in [0.05, 0.1) is 17.1 Å². The Bertz CT molecular complexity index is 1220. The minimum absolute atomic E-state index is 0.0499. The Balaban J connectivity index is 1.63. The van der Waals surface area contributed by atoms with E-state index in [2.05, 4.69) is 31.3 Å². The van der Waals surface area contributed by atoms with Gasteiger partial charge >= 0.3 is 5.97 Å². The van der Waals surface area contributed by atoms with E-state index < -0.39 is 16.9 Å². The van der Waals surface area contributed by atoms with Crippen molar-refractivity contribution in [2.75, 3.05) is 11.9 Å². The van der Waals surface area contributed by atoms with Crippen LogP contribution in [-0.2, 0) is 15.3 Å². The molecule has 0 amide bonds. The molecule has 1 atom stereocenters. The van der Waals surface area contributed by atoms with Gasteiger partial charge in [-0.05, 0) is 37.1 Å². The number of esters is 1. The van der Waals surface area contributed by atoms with E-state index in [0.29, 0.717) is 28.1 Å². The highest BCUT2D eigenvalue weighted by atomic mass is 79.9. The zero-order valence-electron chi connectivity index (χ0n) is 17.8. The number of anilines is 1. The molecule has 1 aliphatic heterocycles.